The fourth-order valence-electron chi connectivity index (χ4n) is 1.96. The number of anilines is 2. The highest BCUT2D eigenvalue weighted by atomic mass is 32.1. The molecule has 1 aromatic heterocycles. The molecule has 0 unspecified atom stereocenters. The lowest BCUT2D eigenvalue weighted by atomic mass is 10.2. The second-order valence-electron chi connectivity index (χ2n) is 4.87. The number of carbonyl (C=O) groups excluding carboxylic acids is 2. The molecule has 2 N–H and O–H groups in total. The summed E-state index contributed by atoms with van der Waals surface area (Å²) in [6, 6.07) is 9.01. The number of hydrogen-bond acceptors (Lipinski definition) is 4. The van der Waals surface area contributed by atoms with Crippen LogP contribution in [0.1, 0.15) is 16.7 Å². The highest BCUT2D eigenvalue weighted by Crippen LogP contribution is 2.28. The van der Waals surface area contributed by atoms with Gasteiger partial charge in [-0.3, -0.25) is 9.59 Å². The van der Waals surface area contributed by atoms with E-state index in [9.17, 15) is 9.59 Å². The molecular formula is C17H18N2O3S. The molecule has 6 heteroatoms. The first-order valence-corrected chi connectivity index (χ1v) is 7.80. The van der Waals surface area contributed by atoms with Gasteiger partial charge in [0.2, 0.25) is 11.8 Å². The fraction of sp³-hybridized carbons (Fsp3) is 0.176. The highest BCUT2D eigenvalue weighted by Gasteiger charge is 2.08. The van der Waals surface area contributed by atoms with Crippen LogP contribution < -0.4 is 15.4 Å². The smallest absolute Gasteiger partial charge is 0.248 e. The summed E-state index contributed by atoms with van der Waals surface area (Å²) in [6.45, 7) is 3.44. The normalized spacial score (nSPS) is 10.6. The number of amides is 2. The third-order valence-electron chi connectivity index (χ3n) is 2.94. The zero-order chi connectivity index (χ0) is 16.8. The Balaban J connectivity index is 2.12. The number of carbonyl (C=O) groups is 2. The molecule has 0 bridgehead atoms. The van der Waals surface area contributed by atoms with E-state index in [1.807, 2.05) is 19.1 Å². The van der Waals surface area contributed by atoms with Crippen molar-refractivity contribution in [1.29, 1.82) is 0 Å². The van der Waals surface area contributed by atoms with E-state index >= 15 is 0 Å². The molecule has 5 nitrogen and oxygen atoms in total. The first kappa shape index (κ1) is 16.8. The molecule has 0 saturated carbocycles. The number of rotatable bonds is 5. The summed E-state index contributed by atoms with van der Waals surface area (Å²) in [5, 5.41) is 5.42. The van der Waals surface area contributed by atoms with Crippen molar-refractivity contribution in [2.45, 2.75) is 13.8 Å². The van der Waals surface area contributed by atoms with E-state index < -0.39 is 0 Å². The Kier molecular flexibility index (Phi) is 5.54. The molecule has 2 amide bonds. The second kappa shape index (κ2) is 7.60. The minimum atomic E-state index is -0.269. The van der Waals surface area contributed by atoms with Crippen LogP contribution in [0.3, 0.4) is 0 Å². The van der Waals surface area contributed by atoms with Crippen LogP contribution in [0.4, 0.5) is 11.4 Å². The number of benzene rings is 1. The molecule has 23 heavy (non-hydrogen) atoms. The van der Waals surface area contributed by atoms with Gasteiger partial charge in [-0.2, -0.15) is 0 Å². The van der Waals surface area contributed by atoms with Crippen LogP contribution in [0.25, 0.3) is 6.08 Å². The van der Waals surface area contributed by atoms with Crippen molar-refractivity contribution in [3.05, 3.63) is 46.2 Å². The van der Waals surface area contributed by atoms with Crippen molar-refractivity contribution in [2.75, 3.05) is 17.7 Å². The van der Waals surface area contributed by atoms with Crippen LogP contribution in [-0.4, -0.2) is 18.9 Å². The van der Waals surface area contributed by atoms with Gasteiger partial charge in [0.25, 0.3) is 0 Å². The Hall–Kier alpha value is -2.60. The first-order valence-electron chi connectivity index (χ1n) is 6.99. The van der Waals surface area contributed by atoms with Crippen molar-refractivity contribution in [3.63, 3.8) is 0 Å². The Morgan fingerprint density at radius 1 is 1.17 bits per heavy atom. The van der Waals surface area contributed by atoms with E-state index in [2.05, 4.69) is 10.6 Å². The second-order valence-corrected chi connectivity index (χ2v) is 6.19. The van der Waals surface area contributed by atoms with E-state index in [0.717, 1.165) is 4.88 Å². The van der Waals surface area contributed by atoms with Gasteiger partial charge in [-0.25, -0.2) is 0 Å². The van der Waals surface area contributed by atoms with Gasteiger partial charge < -0.3 is 15.4 Å². The summed E-state index contributed by atoms with van der Waals surface area (Å²) in [5.41, 5.74) is 1.09. The van der Waals surface area contributed by atoms with Crippen LogP contribution in [-0.2, 0) is 9.59 Å². The van der Waals surface area contributed by atoms with Crippen molar-refractivity contribution >= 4 is 40.6 Å². The highest BCUT2D eigenvalue weighted by molar-refractivity contribution is 7.12. The molecule has 0 radical (unpaired) electrons. The summed E-state index contributed by atoms with van der Waals surface area (Å²) in [5.74, 6) is 0.0718. The van der Waals surface area contributed by atoms with Crippen molar-refractivity contribution < 1.29 is 14.3 Å². The lowest BCUT2D eigenvalue weighted by molar-refractivity contribution is -0.114. The van der Waals surface area contributed by atoms with E-state index in [1.165, 1.54) is 25.0 Å². The maximum atomic E-state index is 12.1. The summed E-state index contributed by atoms with van der Waals surface area (Å²) >= 11 is 1.61. The van der Waals surface area contributed by atoms with E-state index in [0.29, 0.717) is 17.1 Å². The molecular weight excluding hydrogens is 312 g/mol. The summed E-state index contributed by atoms with van der Waals surface area (Å²) in [7, 11) is 1.52. The SMILES string of the molecule is COc1ccc(NC(C)=O)cc1NC(=O)/C=C/c1ccc(C)s1. The predicted octanol–water partition coefficient (Wildman–Crippen LogP) is 3.68. The van der Waals surface area contributed by atoms with Crippen molar-refractivity contribution in [3.8, 4) is 5.75 Å². The Morgan fingerprint density at radius 3 is 2.57 bits per heavy atom. The Morgan fingerprint density at radius 2 is 1.96 bits per heavy atom. The minimum absolute atomic E-state index is 0.180. The summed E-state index contributed by atoms with van der Waals surface area (Å²) in [4.78, 5) is 25.4. The summed E-state index contributed by atoms with van der Waals surface area (Å²) < 4.78 is 5.22. The molecule has 0 fully saturated rings. The molecule has 0 saturated heterocycles. The van der Waals surface area contributed by atoms with Crippen molar-refractivity contribution in [1.82, 2.24) is 0 Å². The van der Waals surface area contributed by atoms with Gasteiger partial charge in [-0.15, -0.1) is 11.3 Å². The lowest BCUT2D eigenvalue weighted by Gasteiger charge is -2.11. The average Bonchev–Trinajstić information content (AvgIpc) is 2.90. The number of methoxy groups -OCH3 is 1. The molecule has 2 rings (SSSR count). The third kappa shape index (κ3) is 4.96. The molecule has 0 atom stereocenters. The number of nitrogens with one attached hydrogen (secondary N) is 2. The fourth-order valence-corrected chi connectivity index (χ4v) is 2.74. The molecule has 0 aliphatic heterocycles. The van der Waals surface area contributed by atoms with Crippen LogP contribution in [0.2, 0.25) is 0 Å². The number of ether oxygens (including phenoxy) is 1. The van der Waals surface area contributed by atoms with Crippen LogP contribution in [0.5, 0.6) is 5.75 Å². The van der Waals surface area contributed by atoms with Gasteiger partial charge >= 0.3 is 0 Å². The van der Waals surface area contributed by atoms with Crippen LogP contribution in [0.15, 0.2) is 36.4 Å². The van der Waals surface area contributed by atoms with Gasteiger partial charge in [0.1, 0.15) is 5.75 Å². The molecule has 1 heterocycles. The predicted molar refractivity (Wildman–Crippen MR) is 94.0 cm³/mol. The van der Waals surface area contributed by atoms with Gasteiger partial charge in [0, 0.05) is 28.4 Å². The maximum absolute atomic E-state index is 12.1. The van der Waals surface area contributed by atoms with Gasteiger partial charge in [-0.05, 0) is 43.3 Å². The van der Waals surface area contributed by atoms with Gasteiger partial charge in [0.15, 0.2) is 0 Å². The Labute approximate surface area is 139 Å². The van der Waals surface area contributed by atoms with Crippen LogP contribution in [0, 0.1) is 6.92 Å². The molecule has 0 spiro atoms. The number of hydrogen-bond donors (Lipinski definition) is 2. The summed E-state index contributed by atoms with van der Waals surface area (Å²) in [6.07, 6.45) is 3.23. The third-order valence-corrected chi connectivity index (χ3v) is 3.90. The van der Waals surface area contributed by atoms with Gasteiger partial charge in [-0.1, -0.05) is 0 Å². The van der Waals surface area contributed by atoms with Crippen molar-refractivity contribution in [2.24, 2.45) is 0 Å². The first-order chi connectivity index (χ1) is 11.0. The molecule has 120 valence electrons. The quantitative estimate of drug-likeness (QED) is 0.822. The van der Waals surface area contributed by atoms with Gasteiger partial charge in [0.05, 0.1) is 12.8 Å². The standard InChI is InChI=1S/C17H18N2O3S/c1-11-4-6-14(23-11)7-9-17(21)19-15-10-13(18-12(2)20)5-8-16(15)22-3/h4-10H,1-3H3,(H,18,20)(H,19,21)/b9-7+. The van der Waals surface area contributed by atoms with E-state index in [4.69, 9.17) is 4.74 Å². The molecule has 2 aromatic rings. The molecule has 1 aromatic carbocycles. The lowest BCUT2D eigenvalue weighted by Crippen LogP contribution is -2.10. The minimum Gasteiger partial charge on any atom is -0.495 e. The largest absolute Gasteiger partial charge is 0.495 e. The molecule has 0 aliphatic rings. The average molecular weight is 330 g/mol. The zero-order valence-corrected chi connectivity index (χ0v) is 14.0. The number of aryl methyl sites for hydroxylation is 1. The maximum Gasteiger partial charge on any atom is 0.248 e. The topological polar surface area (TPSA) is 67.4 Å². The van der Waals surface area contributed by atoms with E-state index in [1.54, 1.807) is 35.6 Å². The monoisotopic (exact) mass is 330 g/mol. The zero-order valence-electron chi connectivity index (χ0n) is 13.2. The number of thiophene rings is 1. The van der Waals surface area contributed by atoms with E-state index in [-0.39, 0.29) is 11.8 Å². The van der Waals surface area contributed by atoms with Crippen LogP contribution >= 0.6 is 11.3 Å². The Bertz CT molecular complexity index is 750. The molecule has 0 aliphatic carbocycles.